The molecule has 2 fully saturated rings. The SMILES string of the molecule is CCCCCCC/C=C\C/C=C\C/C=C\CCCCCCCCCCCCCCCCC(=O)NC(COC1OC(CO)C(OC2OC(CO)C(O)C(O)C2O)C(O)C1O)C(O)CCCCCCCCCCCCCCCCCCCCCCCCCCC. The third kappa shape index (κ3) is 42.4. The summed E-state index contributed by atoms with van der Waals surface area (Å²) < 4.78 is 23.0. The van der Waals surface area contributed by atoms with Crippen LogP contribution in [0.25, 0.3) is 0 Å². The van der Waals surface area contributed by atoms with E-state index in [1.807, 2.05) is 0 Å². The highest BCUT2D eigenvalue weighted by atomic mass is 16.7. The Bertz CT molecular complexity index is 1620. The van der Waals surface area contributed by atoms with Crippen LogP contribution in [0.15, 0.2) is 36.5 Å². The topological polar surface area (TPSA) is 228 Å². The molecule has 0 aliphatic carbocycles. The van der Waals surface area contributed by atoms with Gasteiger partial charge in [0.25, 0.3) is 0 Å². The Hall–Kier alpha value is -1.79. The highest BCUT2D eigenvalue weighted by Gasteiger charge is 2.51. The van der Waals surface area contributed by atoms with Crippen molar-refractivity contribution >= 4 is 5.91 Å². The summed E-state index contributed by atoms with van der Waals surface area (Å²) in [5.74, 6) is -0.202. The van der Waals surface area contributed by atoms with Crippen LogP contribution in [0.4, 0.5) is 0 Å². The number of carbonyl (C=O) groups excluding carboxylic acids is 1. The van der Waals surface area contributed by atoms with E-state index in [9.17, 15) is 45.6 Å². The zero-order valence-corrected chi connectivity index (χ0v) is 56.5. The number of aliphatic hydroxyl groups is 8. The molecule has 1 amide bonds. The highest BCUT2D eigenvalue weighted by molar-refractivity contribution is 5.76. The molecule has 0 spiro atoms. The van der Waals surface area contributed by atoms with Crippen molar-refractivity contribution in [3.63, 3.8) is 0 Å². The molecule has 12 unspecified atom stereocenters. The number of ether oxygens (including phenoxy) is 4. The van der Waals surface area contributed by atoms with Crippen molar-refractivity contribution in [1.29, 1.82) is 0 Å². The monoisotopic (exact) mass is 1250 g/mol. The zero-order valence-electron chi connectivity index (χ0n) is 56.5. The fourth-order valence-corrected chi connectivity index (χ4v) is 12.4. The normalized spacial score (nSPS) is 23.3. The number of hydrogen-bond acceptors (Lipinski definition) is 13. The van der Waals surface area contributed by atoms with Crippen LogP contribution < -0.4 is 5.32 Å². The summed E-state index contributed by atoms with van der Waals surface area (Å²) >= 11 is 0. The average molecular weight is 1250 g/mol. The molecule has 2 aliphatic rings. The molecule has 0 bridgehead atoms. The minimum Gasteiger partial charge on any atom is -0.394 e. The van der Waals surface area contributed by atoms with E-state index in [0.29, 0.717) is 12.8 Å². The first-order valence-corrected chi connectivity index (χ1v) is 37.2. The predicted octanol–water partition coefficient (Wildman–Crippen LogP) is 15.7. The van der Waals surface area contributed by atoms with Gasteiger partial charge in [-0.3, -0.25) is 4.79 Å². The van der Waals surface area contributed by atoms with Gasteiger partial charge in [0.05, 0.1) is 32.0 Å². The number of carbonyl (C=O) groups is 1. The van der Waals surface area contributed by atoms with Crippen LogP contribution in [0.2, 0.25) is 0 Å². The first-order chi connectivity index (χ1) is 43.1. The molecule has 9 N–H and O–H groups in total. The van der Waals surface area contributed by atoms with E-state index in [1.54, 1.807) is 0 Å². The van der Waals surface area contributed by atoms with Crippen molar-refractivity contribution in [3.05, 3.63) is 36.5 Å². The molecule has 14 nitrogen and oxygen atoms in total. The van der Waals surface area contributed by atoms with Crippen LogP contribution in [-0.2, 0) is 23.7 Å². The Morgan fingerprint density at radius 3 is 1.15 bits per heavy atom. The first kappa shape index (κ1) is 82.3. The molecule has 14 heteroatoms. The third-order valence-electron chi connectivity index (χ3n) is 18.4. The Labute approximate surface area is 538 Å². The van der Waals surface area contributed by atoms with Crippen molar-refractivity contribution in [2.45, 2.75) is 408 Å². The molecule has 0 aromatic rings. The molecule has 0 aromatic carbocycles. The quantitative estimate of drug-likeness (QED) is 0.0204. The van der Waals surface area contributed by atoms with Crippen molar-refractivity contribution in [3.8, 4) is 0 Å². The fraction of sp³-hybridized carbons (Fsp3) is 0.905. The second-order valence-corrected chi connectivity index (χ2v) is 26.4. The minimum atomic E-state index is -1.78. The van der Waals surface area contributed by atoms with E-state index >= 15 is 0 Å². The second kappa shape index (κ2) is 59.0. The smallest absolute Gasteiger partial charge is 0.220 e. The van der Waals surface area contributed by atoms with Crippen LogP contribution in [0.1, 0.15) is 335 Å². The summed E-state index contributed by atoms with van der Waals surface area (Å²) in [6.45, 7) is 2.90. The molecule has 0 radical (unpaired) electrons. The molecule has 12 atom stereocenters. The summed E-state index contributed by atoms with van der Waals surface area (Å²) in [6, 6.07) is -0.830. The maximum atomic E-state index is 13.4. The predicted molar refractivity (Wildman–Crippen MR) is 360 cm³/mol. The van der Waals surface area contributed by atoms with Gasteiger partial charge in [-0.15, -0.1) is 0 Å². The second-order valence-electron chi connectivity index (χ2n) is 26.4. The molecule has 0 saturated carbocycles. The van der Waals surface area contributed by atoms with Crippen molar-refractivity contribution < 1.29 is 64.6 Å². The lowest BCUT2D eigenvalue weighted by atomic mass is 9.97. The molecule has 0 aromatic heterocycles. The van der Waals surface area contributed by atoms with Crippen LogP contribution in [0.5, 0.6) is 0 Å². The summed E-state index contributed by atoms with van der Waals surface area (Å²) in [7, 11) is 0. The fourth-order valence-electron chi connectivity index (χ4n) is 12.4. The molecule has 2 rings (SSSR count). The lowest BCUT2D eigenvalue weighted by Gasteiger charge is -2.46. The minimum absolute atomic E-state index is 0.202. The molecular weight excluding hydrogens is 1110 g/mol. The number of hydrogen-bond donors (Lipinski definition) is 9. The number of unbranched alkanes of at least 4 members (excludes halogenated alkanes) is 43. The van der Waals surface area contributed by atoms with Gasteiger partial charge < -0.3 is 65.1 Å². The van der Waals surface area contributed by atoms with Gasteiger partial charge in [0.2, 0.25) is 5.91 Å². The largest absolute Gasteiger partial charge is 0.394 e. The van der Waals surface area contributed by atoms with Gasteiger partial charge in [0, 0.05) is 6.42 Å². The van der Waals surface area contributed by atoms with Crippen LogP contribution >= 0.6 is 0 Å². The van der Waals surface area contributed by atoms with E-state index in [1.165, 1.54) is 244 Å². The summed E-state index contributed by atoms with van der Waals surface area (Å²) in [5, 5.41) is 87.7. The summed E-state index contributed by atoms with van der Waals surface area (Å²) in [4.78, 5) is 13.4. The van der Waals surface area contributed by atoms with Gasteiger partial charge in [0.15, 0.2) is 12.6 Å². The van der Waals surface area contributed by atoms with Crippen LogP contribution in [-0.4, -0.2) is 140 Å². The average Bonchev–Trinajstić information content (AvgIpc) is 2.07. The Morgan fingerprint density at radius 1 is 0.409 bits per heavy atom. The molecule has 2 aliphatic heterocycles. The Morgan fingerprint density at radius 2 is 0.750 bits per heavy atom. The third-order valence-corrected chi connectivity index (χ3v) is 18.4. The van der Waals surface area contributed by atoms with Gasteiger partial charge in [-0.25, -0.2) is 0 Å². The van der Waals surface area contributed by atoms with E-state index in [2.05, 4.69) is 55.6 Å². The number of aliphatic hydroxyl groups excluding tert-OH is 8. The maximum Gasteiger partial charge on any atom is 0.220 e. The van der Waals surface area contributed by atoms with Gasteiger partial charge in [-0.05, 0) is 51.4 Å². The van der Waals surface area contributed by atoms with E-state index in [-0.39, 0.29) is 12.5 Å². The van der Waals surface area contributed by atoms with Crippen LogP contribution in [0, 0.1) is 0 Å². The molecule has 2 saturated heterocycles. The summed E-state index contributed by atoms with van der Waals surface area (Å²) in [6.07, 6.45) is 58.7. The number of rotatable bonds is 62. The van der Waals surface area contributed by atoms with Crippen molar-refractivity contribution in [2.75, 3.05) is 19.8 Å². The van der Waals surface area contributed by atoms with Gasteiger partial charge >= 0.3 is 0 Å². The number of allylic oxidation sites excluding steroid dienone is 6. The standard InChI is InChI=1S/C74H139NO13/c1-3-5-7-9-11-13-15-17-19-21-23-25-27-29-30-31-32-34-36-38-40-42-44-46-48-50-52-54-56-58-66(79)75-62(61-85-73-71(84)69(82)72(65(60-77)87-73)88-74-70(83)68(81)67(80)64(59-76)86-74)63(78)57-55-53-51-49-47-45-43-41-39-37-35-33-28-26-24-22-20-18-16-14-12-10-8-6-4-2/h15,17,21,23,27,29,62-65,67-74,76-78,80-84H,3-14,16,18-20,22,24-26,28,30-61H2,1-2H3,(H,75,79)/b17-15-,23-21-,29-27-. The Kier molecular flexibility index (Phi) is 55.2. The van der Waals surface area contributed by atoms with Crippen molar-refractivity contribution in [1.82, 2.24) is 5.32 Å². The Balaban J connectivity index is 1.65. The van der Waals surface area contributed by atoms with Gasteiger partial charge in [0.1, 0.15) is 48.8 Å². The van der Waals surface area contributed by atoms with E-state index in [0.717, 1.165) is 64.2 Å². The van der Waals surface area contributed by atoms with Crippen LogP contribution in [0.3, 0.4) is 0 Å². The van der Waals surface area contributed by atoms with Crippen molar-refractivity contribution in [2.24, 2.45) is 0 Å². The zero-order chi connectivity index (χ0) is 63.8. The molecule has 2 heterocycles. The summed E-state index contributed by atoms with van der Waals surface area (Å²) in [5.41, 5.74) is 0. The lowest BCUT2D eigenvalue weighted by molar-refractivity contribution is -0.359. The van der Waals surface area contributed by atoms with Gasteiger partial charge in [-0.1, -0.05) is 314 Å². The molecule has 518 valence electrons. The first-order valence-electron chi connectivity index (χ1n) is 37.2. The number of amides is 1. The molecule has 88 heavy (non-hydrogen) atoms. The van der Waals surface area contributed by atoms with Gasteiger partial charge in [-0.2, -0.15) is 0 Å². The number of nitrogens with one attached hydrogen (secondary N) is 1. The van der Waals surface area contributed by atoms with E-state index in [4.69, 9.17) is 18.9 Å². The van der Waals surface area contributed by atoms with E-state index < -0.39 is 86.8 Å². The lowest BCUT2D eigenvalue weighted by Crippen LogP contribution is -2.65. The molecular formula is C74H139NO13. The highest BCUT2D eigenvalue weighted by Crippen LogP contribution is 2.30. The maximum absolute atomic E-state index is 13.4.